The van der Waals surface area contributed by atoms with E-state index in [1.54, 1.807) is 0 Å². The standard InChI is InChI=1S/C24H44O2/c1-3-5-6-9-14-21(4-2)15-12-17-23-19-13-18-22(23)16-10-7-8-11-20-24(25)26/h4,12,17,21-26H,2-3,5-11,13-16,18-20H2,1H3/t21-,22+,23+/m1/s1. The van der Waals surface area contributed by atoms with Crippen LogP contribution in [0.3, 0.4) is 0 Å². The lowest BCUT2D eigenvalue weighted by Gasteiger charge is -2.17. The molecule has 0 saturated heterocycles. The Bertz CT molecular complexity index is 361. The zero-order valence-corrected chi connectivity index (χ0v) is 17.2. The number of rotatable bonds is 16. The van der Waals surface area contributed by atoms with Crippen LogP contribution in [0.2, 0.25) is 0 Å². The van der Waals surface area contributed by atoms with Crippen molar-refractivity contribution in [3.05, 3.63) is 24.8 Å². The van der Waals surface area contributed by atoms with Gasteiger partial charge in [0.25, 0.3) is 0 Å². The van der Waals surface area contributed by atoms with Crippen molar-refractivity contribution in [2.75, 3.05) is 0 Å². The molecule has 0 bridgehead atoms. The van der Waals surface area contributed by atoms with Crippen molar-refractivity contribution < 1.29 is 10.2 Å². The van der Waals surface area contributed by atoms with E-state index >= 15 is 0 Å². The number of unbranched alkanes of at least 4 members (excludes halogenated alkanes) is 6. The summed E-state index contributed by atoms with van der Waals surface area (Å²) in [5.74, 6) is 2.33. The molecule has 0 aromatic carbocycles. The molecule has 0 unspecified atom stereocenters. The van der Waals surface area contributed by atoms with Crippen molar-refractivity contribution >= 4 is 0 Å². The van der Waals surface area contributed by atoms with Gasteiger partial charge in [0.05, 0.1) is 0 Å². The first-order valence-electron chi connectivity index (χ1n) is 11.3. The van der Waals surface area contributed by atoms with Gasteiger partial charge in [-0.2, -0.15) is 0 Å². The van der Waals surface area contributed by atoms with Crippen LogP contribution in [0.4, 0.5) is 0 Å². The minimum Gasteiger partial charge on any atom is -0.368 e. The number of hydrogen-bond acceptors (Lipinski definition) is 2. The van der Waals surface area contributed by atoms with Crippen LogP contribution in [0.5, 0.6) is 0 Å². The SMILES string of the molecule is C=C[C@@H](CC=C[C@H]1CCC[C@@H]1CCCCCCC(O)O)CCCCCC. The van der Waals surface area contributed by atoms with Crippen molar-refractivity contribution in [1.29, 1.82) is 0 Å². The highest BCUT2D eigenvalue weighted by Crippen LogP contribution is 2.36. The molecule has 1 aliphatic carbocycles. The fourth-order valence-electron chi connectivity index (χ4n) is 4.36. The minimum absolute atomic E-state index is 0.526. The van der Waals surface area contributed by atoms with E-state index in [2.05, 4.69) is 31.7 Å². The zero-order chi connectivity index (χ0) is 19.0. The Labute approximate surface area is 162 Å². The fraction of sp³-hybridized carbons (Fsp3) is 0.833. The lowest BCUT2D eigenvalue weighted by Crippen LogP contribution is -2.06. The van der Waals surface area contributed by atoms with E-state index in [0.717, 1.165) is 24.7 Å². The fourth-order valence-corrected chi connectivity index (χ4v) is 4.36. The predicted octanol–water partition coefficient (Wildman–Crippen LogP) is 6.77. The molecule has 2 N–H and O–H groups in total. The van der Waals surface area contributed by atoms with Gasteiger partial charge in [-0.25, -0.2) is 0 Å². The van der Waals surface area contributed by atoms with Crippen molar-refractivity contribution in [2.24, 2.45) is 17.8 Å². The maximum absolute atomic E-state index is 8.87. The molecule has 0 amide bonds. The van der Waals surface area contributed by atoms with Gasteiger partial charge in [-0.3, -0.25) is 0 Å². The Morgan fingerprint density at radius 3 is 2.42 bits per heavy atom. The summed E-state index contributed by atoms with van der Waals surface area (Å²) in [5.41, 5.74) is 0. The predicted molar refractivity (Wildman–Crippen MR) is 113 cm³/mol. The third-order valence-electron chi connectivity index (χ3n) is 6.09. The lowest BCUT2D eigenvalue weighted by molar-refractivity contribution is -0.0466. The lowest BCUT2D eigenvalue weighted by atomic mass is 9.89. The Kier molecular flexibility index (Phi) is 13.9. The molecule has 152 valence electrons. The number of allylic oxidation sites excluding steroid dienone is 3. The van der Waals surface area contributed by atoms with Crippen molar-refractivity contribution in [2.45, 2.75) is 110 Å². The molecule has 26 heavy (non-hydrogen) atoms. The summed E-state index contributed by atoms with van der Waals surface area (Å²) in [7, 11) is 0. The monoisotopic (exact) mass is 364 g/mol. The van der Waals surface area contributed by atoms with E-state index in [4.69, 9.17) is 10.2 Å². The Morgan fingerprint density at radius 1 is 0.962 bits per heavy atom. The number of aliphatic hydroxyl groups excluding tert-OH is 1. The van der Waals surface area contributed by atoms with Crippen LogP contribution in [0.15, 0.2) is 24.8 Å². The maximum Gasteiger partial charge on any atom is 0.151 e. The molecule has 0 aromatic heterocycles. The maximum atomic E-state index is 8.87. The van der Waals surface area contributed by atoms with Crippen LogP contribution in [0.25, 0.3) is 0 Å². The molecule has 0 spiro atoms. The molecule has 2 nitrogen and oxygen atoms in total. The summed E-state index contributed by atoms with van der Waals surface area (Å²) in [4.78, 5) is 0. The second kappa shape index (κ2) is 15.5. The van der Waals surface area contributed by atoms with Gasteiger partial charge in [0, 0.05) is 0 Å². The molecule has 1 saturated carbocycles. The minimum atomic E-state index is -1.12. The van der Waals surface area contributed by atoms with E-state index in [1.807, 2.05) is 0 Å². The van der Waals surface area contributed by atoms with Gasteiger partial charge in [0.1, 0.15) is 0 Å². The first-order valence-corrected chi connectivity index (χ1v) is 11.3. The zero-order valence-electron chi connectivity index (χ0n) is 17.2. The first kappa shape index (κ1) is 23.4. The van der Waals surface area contributed by atoms with Crippen LogP contribution in [0.1, 0.15) is 103 Å². The van der Waals surface area contributed by atoms with Gasteiger partial charge in [0.2, 0.25) is 0 Å². The Balaban J connectivity index is 2.18. The smallest absolute Gasteiger partial charge is 0.151 e. The van der Waals surface area contributed by atoms with Gasteiger partial charge in [-0.15, -0.1) is 6.58 Å². The van der Waals surface area contributed by atoms with Crippen LogP contribution in [-0.2, 0) is 0 Å². The molecule has 0 aromatic rings. The number of aliphatic hydroxyl groups is 2. The van der Waals surface area contributed by atoms with Gasteiger partial charge >= 0.3 is 0 Å². The van der Waals surface area contributed by atoms with Gasteiger partial charge in [-0.05, 0) is 62.7 Å². The van der Waals surface area contributed by atoms with E-state index in [1.165, 1.54) is 77.0 Å². The molecule has 0 aliphatic heterocycles. The number of hydrogen-bond donors (Lipinski definition) is 2. The summed E-state index contributed by atoms with van der Waals surface area (Å²) in [6.07, 6.45) is 24.5. The first-order chi connectivity index (χ1) is 12.7. The quantitative estimate of drug-likeness (QED) is 0.180. The summed E-state index contributed by atoms with van der Waals surface area (Å²) < 4.78 is 0. The average Bonchev–Trinajstić information content (AvgIpc) is 3.07. The molecular weight excluding hydrogens is 320 g/mol. The highest BCUT2D eigenvalue weighted by molar-refractivity contribution is 4.97. The molecule has 1 aliphatic rings. The molecule has 0 radical (unpaired) electrons. The topological polar surface area (TPSA) is 40.5 Å². The Morgan fingerprint density at radius 2 is 1.69 bits per heavy atom. The van der Waals surface area contributed by atoms with Crippen LogP contribution in [-0.4, -0.2) is 16.5 Å². The molecular formula is C24H44O2. The average molecular weight is 365 g/mol. The molecule has 1 fully saturated rings. The van der Waals surface area contributed by atoms with Crippen molar-refractivity contribution in [3.8, 4) is 0 Å². The van der Waals surface area contributed by atoms with Gasteiger partial charge in [-0.1, -0.05) is 76.5 Å². The largest absolute Gasteiger partial charge is 0.368 e. The van der Waals surface area contributed by atoms with Gasteiger partial charge < -0.3 is 10.2 Å². The third kappa shape index (κ3) is 11.2. The third-order valence-corrected chi connectivity index (χ3v) is 6.09. The highest BCUT2D eigenvalue weighted by atomic mass is 16.5. The van der Waals surface area contributed by atoms with E-state index in [0.29, 0.717) is 12.3 Å². The van der Waals surface area contributed by atoms with Crippen molar-refractivity contribution in [1.82, 2.24) is 0 Å². The summed E-state index contributed by atoms with van der Waals surface area (Å²) in [5, 5.41) is 17.7. The van der Waals surface area contributed by atoms with E-state index in [-0.39, 0.29) is 0 Å². The highest BCUT2D eigenvalue weighted by Gasteiger charge is 2.24. The van der Waals surface area contributed by atoms with Crippen LogP contribution >= 0.6 is 0 Å². The van der Waals surface area contributed by atoms with E-state index in [9.17, 15) is 0 Å². The van der Waals surface area contributed by atoms with Crippen LogP contribution < -0.4 is 0 Å². The second-order valence-corrected chi connectivity index (χ2v) is 8.34. The normalized spacial score (nSPS) is 21.7. The molecule has 1 rings (SSSR count). The van der Waals surface area contributed by atoms with Crippen LogP contribution in [0, 0.1) is 17.8 Å². The van der Waals surface area contributed by atoms with E-state index < -0.39 is 6.29 Å². The molecule has 2 heteroatoms. The Hall–Kier alpha value is -0.600. The summed E-state index contributed by atoms with van der Waals surface area (Å²) in [6, 6.07) is 0. The van der Waals surface area contributed by atoms with Crippen molar-refractivity contribution in [3.63, 3.8) is 0 Å². The van der Waals surface area contributed by atoms with Gasteiger partial charge in [0.15, 0.2) is 6.29 Å². The molecule has 3 atom stereocenters. The summed E-state index contributed by atoms with van der Waals surface area (Å²) in [6.45, 7) is 6.30. The summed E-state index contributed by atoms with van der Waals surface area (Å²) >= 11 is 0. The second-order valence-electron chi connectivity index (χ2n) is 8.34. The molecule has 0 heterocycles.